The monoisotopic (exact) mass is 413 g/mol. The molecule has 0 fully saturated rings. The van der Waals surface area contributed by atoms with Crippen molar-refractivity contribution in [2.75, 3.05) is 6.61 Å². The number of aryl methyl sites for hydroxylation is 1. The number of hydrogen-bond acceptors (Lipinski definition) is 3. The summed E-state index contributed by atoms with van der Waals surface area (Å²) in [5.74, 6) is 0.725. The number of pyridine rings is 2. The highest BCUT2D eigenvalue weighted by atomic mass is 35.5. The fraction of sp³-hybridized carbons (Fsp3) is 0.120. The van der Waals surface area contributed by atoms with E-state index in [0.717, 1.165) is 40.5 Å². The van der Waals surface area contributed by atoms with Gasteiger partial charge in [-0.15, -0.1) is 0 Å². The van der Waals surface area contributed by atoms with Gasteiger partial charge in [0, 0.05) is 40.4 Å². The lowest BCUT2D eigenvalue weighted by molar-refractivity contribution is 0.310. The Hall–Kier alpha value is -3.37. The molecule has 0 bridgehead atoms. The summed E-state index contributed by atoms with van der Waals surface area (Å²) in [6.45, 7) is 0.617. The summed E-state index contributed by atoms with van der Waals surface area (Å²) in [7, 11) is 0. The van der Waals surface area contributed by atoms with Crippen LogP contribution >= 0.6 is 11.6 Å². The van der Waals surface area contributed by atoms with E-state index in [0.29, 0.717) is 11.8 Å². The second kappa shape index (κ2) is 8.17. The van der Waals surface area contributed by atoms with Crippen molar-refractivity contribution in [3.63, 3.8) is 0 Å². The van der Waals surface area contributed by atoms with Crippen LogP contribution in [0, 0.1) is 0 Å². The number of hydrogen-bond donors (Lipinski definition) is 1. The van der Waals surface area contributed by atoms with E-state index >= 15 is 0 Å². The molecule has 0 aliphatic rings. The molecule has 0 saturated heterocycles. The Kier molecular flexibility index (Phi) is 5.08. The summed E-state index contributed by atoms with van der Waals surface area (Å²) >= 11 is 6.38. The van der Waals surface area contributed by atoms with Gasteiger partial charge in [0.2, 0.25) is 0 Å². The zero-order valence-corrected chi connectivity index (χ0v) is 17.1. The summed E-state index contributed by atoms with van der Waals surface area (Å²) in [6, 6.07) is 18.5. The third-order valence-corrected chi connectivity index (χ3v) is 5.60. The Morgan fingerprint density at radius 1 is 0.967 bits per heavy atom. The number of fused-ring (bicyclic) bond motifs is 2. The van der Waals surface area contributed by atoms with Crippen LogP contribution in [0.15, 0.2) is 79.4 Å². The molecule has 3 aromatic heterocycles. The molecule has 3 heterocycles. The molecule has 0 aliphatic heterocycles. The van der Waals surface area contributed by atoms with Gasteiger partial charge in [-0.05, 0) is 53.6 Å². The quantitative estimate of drug-likeness (QED) is 0.257. The predicted octanol–water partition coefficient (Wildman–Crippen LogP) is 6.44. The number of halogens is 1. The van der Waals surface area contributed by atoms with Gasteiger partial charge in [0.05, 0.1) is 12.8 Å². The maximum atomic E-state index is 6.38. The number of aromatic nitrogens is 3. The Bertz CT molecular complexity index is 1330. The van der Waals surface area contributed by atoms with Crippen LogP contribution in [-0.4, -0.2) is 21.6 Å². The molecule has 0 saturated carbocycles. The van der Waals surface area contributed by atoms with Crippen molar-refractivity contribution in [2.45, 2.75) is 12.8 Å². The van der Waals surface area contributed by atoms with E-state index in [1.165, 1.54) is 16.5 Å². The normalized spacial score (nSPS) is 11.2. The number of ether oxygens (including phenoxy) is 1. The molecule has 4 nitrogen and oxygen atoms in total. The highest BCUT2D eigenvalue weighted by Crippen LogP contribution is 2.31. The Labute approximate surface area is 179 Å². The Morgan fingerprint density at radius 2 is 1.90 bits per heavy atom. The van der Waals surface area contributed by atoms with Gasteiger partial charge < -0.3 is 9.72 Å². The van der Waals surface area contributed by atoms with Crippen LogP contribution in [0.25, 0.3) is 32.8 Å². The molecule has 0 radical (unpaired) electrons. The van der Waals surface area contributed by atoms with Crippen molar-refractivity contribution in [1.82, 2.24) is 15.0 Å². The molecule has 30 heavy (non-hydrogen) atoms. The molecule has 148 valence electrons. The van der Waals surface area contributed by atoms with Crippen molar-refractivity contribution in [2.24, 2.45) is 0 Å². The summed E-state index contributed by atoms with van der Waals surface area (Å²) in [6.07, 6.45) is 9.29. The van der Waals surface area contributed by atoms with E-state index in [4.69, 9.17) is 16.3 Å². The topological polar surface area (TPSA) is 50.8 Å². The van der Waals surface area contributed by atoms with Gasteiger partial charge in [0.15, 0.2) is 0 Å². The van der Waals surface area contributed by atoms with E-state index in [-0.39, 0.29) is 0 Å². The first-order valence-electron chi connectivity index (χ1n) is 9.95. The van der Waals surface area contributed by atoms with Crippen LogP contribution in [0.2, 0.25) is 5.15 Å². The average molecular weight is 414 g/mol. The molecule has 0 atom stereocenters. The number of para-hydroxylation sites is 1. The molecular weight excluding hydrogens is 394 g/mol. The molecule has 5 aromatic rings. The SMILES string of the molecule is Clc1ncc(OCCCc2c[nH]c3ccccc23)cc1-c1ccc2cnccc2c1. The van der Waals surface area contributed by atoms with Gasteiger partial charge >= 0.3 is 0 Å². The molecule has 0 unspecified atom stereocenters. The molecule has 0 amide bonds. The van der Waals surface area contributed by atoms with Crippen molar-refractivity contribution < 1.29 is 4.74 Å². The van der Waals surface area contributed by atoms with E-state index in [2.05, 4.69) is 45.4 Å². The first-order valence-corrected chi connectivity index (χ1v) is 10.3. The largest absolute Gasteiger partial charge is 0.492 e. The second-order valence-electron chi connectivity index (χ2n) is 7.26. The van der Waals surface area contributed by atoms with Crippen molar-refractivity contribution >= 4 is 33.3 Å². The van der Waals surface area contributed by atoms with Crippen LogP contribution in [0.5, 0.6) is 5.75 Å². The highest BCUT2D eigenvalue weighted by molar-refractivity contribution is 6.32. The summed E-state index contributed by atoms with van der Waals surface area (Å²) in [4.78, 5) is 11.8. The minimum absolute atomic E-state index is 0.467. The number of nitrogens with one attached hydrogen (secondary N) is 1. The van der Waals surface area contributed by atoms with E-state index in [1.54, 1.807) is 12.4 Å². The summed E-state index contributed by atoms with van der Waals surface area (Å²) < 4.78 is 5.98. The van der Waals surface area contributed by atoms with Crippen LogP contribution in [0.3, 0.4) is 0 Å². The number of nitrogens with zero attached hydrogens (tertiary/aromatic N) is 2. The molecule has 5 heteroatoms. The number of aromatic amines is 1. The zero-order chi connectivity index (χ0) is 20.3. The van der Waals surface area contributed by atoms with Gasteiger partial charge in [-0.2, -0.15) is 0 Å². The molecule has 0 spiro atoms. The first kappa shape index (κ1) is 18.6. The molecule has 1 N–H and O–H groups in total. The van der Waals surface area contributed by atoms with Crippen LogP contribution in [0.4, 0.5) is 0 Å². The van der Waals surface area contributed by atoms with Gasteiger partial charge in [0.1, 0.15) is 10.9 Å². The standard InChI is InChI=1S/C25H20ClN3O/c26-25-23(18-7-8-19-14-27-10-9-17(19)12-18)13-21(16-29-25)30-11-3-4-20-15-28-24-6-2-1-5-22(20)24/h1-2,5-10,12-16,28H,3-4,11H2. The van der Waals surface area contributed by atoms with Gasteiger partial charge in [-0.25, -0.2) is 4.98 Å². The molecular formula is C25H20ClN3O. The third kappa shape index (κ3) is 3.74. The molecule has 0 aliphatic carbocycles. The first-order chi connectivity index (χ1) is 14.8. The second-order valence-corrected chi connectivity index (χ2v) is 7.62. The maximum absolute atomic E-state index is 6.38. The number of benzene rings is 2. The van der Waals surface area contributed by atoms with Gasteiger partial charge in [-0.3, -0.25) is 4.98 Å². The lowest BCUT2D eigenvalue weighted by Gasteiger charge is -2.10. The fourth-order valence-electron chi connectivity index (χ4n) is 3.75. The van der Waals surface area contributed by atoms with Crippen molar-refractivity contribution in [3.05, 3.63) is 90.1 Å². The van der Waals surface area contributed by atoms with E-state index < -0.39 is 0 Å². The molecule has 2 aromatic carbocycles. The zero-order valence-electron chi connectivity index (χ0n) is 16.3. The average Bonchev–Trinajstić information content (AvgIpc) is 3.20. The lowest BCUT2D eigenvalue weighted by Crippen LogP contribution is -2.00. The molecule has 5 rings (SSSR count). The Morgan fingerprint density at radius 3 is 2.87 bits per heavy atom. The van der Waals surface area contributed by atoms with Crippen LogP contribution < -0.4 is 4.74 Å². The van der Waals surface area contributed by atoms with Crippen molar-refractivity contribution in [3.8, 4) is 16.9 Å². The minimum atomic E-state index is 0.467. The van der Waals surface area contributed by atoms with Gasteiger partial charge in [-0.1, -0.05) is 41.9 Å². The van der Waals surface area contributed by atoms with E-state index in [1.807, 2.05) is 36.5 Å². The highest BCUT2D eigenvalue weighted by Gasteiger charge is 2.09. The van der Waals surface area contributed by atoms with Crippen molar-refractivity contribution in [1.29, 1.82) is 0 Å². The van der Waals surface area contributed by atoms with Crippen LogP contribution in [0.1, 0.15) is 12.0 Å². The van der Waals surface area contributed by atoms with Crippen LogP contribution in [-0.2, 0) is 6.42 Å². The van der Waals surface area contributed by atoms with E-state index in [9.17, 15) is 0 Å². The minimum Gasteiger partial charge on any atom is -0.492 e. The maximum Gasteiger partial charge on any atom is 0.138 e. The van der Waals surface area contributed by atoms with Gasteiger partial charge in [0.25, 0.3) is 0 Å². The number of H-pyrrole nitrogens is 1. The lowest BCUT2D eigenvalue weighted by atomic mass is 10.0. The predicted molar refractivity (Wildman–Crippen MR) is 122 cm³/mol. The smallest absolute Gasteiger partial charge is 0.138 e. The summed E-state index contributed by atoms with van der Waals surface area (Å²) in [5.41, 5.74) is 4.36. The third-order valence-electron chi connectivity index (χ3n) is 5.30. The summed E-state index contributed by atoms with van der Waals surface area (Å²) in [5, 5.41) is 3.95. The number of rotatable bonds is 6. The fourth-order valence-corrected chi connectivity index (χ4v) is 3.96. The Balaban J connectivity index is 1.28.